The summed E-state index contributed by atoms with van der Waals surface area (Å²) in [4.78, 5) is 18.8. The van der Waals surface area contributed by atoms with E-state index in [1.54, 1.807) is 0 Å². The number of hydrogen-bond donors (Lipinski definition) is 1. The highest BCUT2D eigenvalue weighted by Crippen LogP contribution is 2.33. The van der Waals surface area contributed by atoms with Crippen LogP contribution >= 0.6 is 0 Å². The Morgan fingerprint density at radius 3 is 2.62 bits per heavy atom. The van der Waals surface area contributed by atoms with Gasteiger partial charge in [-0.25, -0.2) is 4.68 Å². The van der Waals surface area contributed by atoms with Crippen molar-refractivity contribution in [2.45, 2.75) is 64.6 Å². The van der Waals surface area contributed by atoms with Gasteiger partial charge in [-0.15, -0.1) is 5.10 Å². The van der Waals surface area contributed by atoms with Gasteiger partial charge in [-0.3, -0.25) is 9.69 Å². The summed E-state index contributed by atoms with van der Waals surface area (Å²) in [7, 11) is 2.04. The van der Waals surface area contributed by atoms with Gasteiger partial charge in [0.15, 0.2) is 5.82 Å². The first-order valence-corrected chi connectivity index (χ1v) is 12.2. The third-order valence-electron chi connectivity index (χ3n) is 7.03. The van der Waals surface area contributed by atoms with Gasteiger partial charge in [-0.2, -0.15) is 0 Å². The van der Waals surface area contributed by atoms with Crippen molar-refractivity contribution in [3.8, 4) is 0 Å². The van der Waals surface area contributed by atoms with Gasteiger partial charge < -0.3 is 4.98 Å². The van der Waals surface area contributed by atoms with Crippen LogP contribution in [0.1, 0.15) is 72.3 Å². The Bertz CT molecular complexity index is 1340. The summed E-state index contributed by atoms with van der Waals surface area (Å²) >= 11 is 0. The van der Waals surface area contributed by atoms with Crippen molar-refractivity contribution in [3.63, 3.8) is 0 Å². The predicted molar refractivity (Wildman–Crippen MR) is 134 cm³/mol. The van der Waals surface area contributed by atoms with E-state index < -0.39 is 0 Å². The fraction of sp³-hybridized carbons (Fsp3) is 0.407. The van der Waals surface area contributed by atoms with Crippen LogP contribution < -0.4 is 5.56 Å². The van der Waals surface area contributed by atoms with E-state index in [-0.39, 0.29) is 17.6 Å². The van der Waals surface area contributed by atoms with E-state index >= 15 is 0 Å². The van der Waals surface area contributed by atoms with Gasteiger partial charge in [-0.05, 0) is 73.0 Å². The largest absolute Gasteiger partial charge is 0.322 e. The number of hydrogen-bond acceptors (Lipinski definition) is 5. The lowest BCUT2D eigenvalue weighted by Crippen LogP contribution is -2.33. The first-order valence-electron chi connectivity index (χ1n) is 12.2. The molecule has 7 heteroatoms. The molecule has 5 rings (SSSR count). The highest BCUT2D eigenvalue weighted by Gasteiger charge is 2.31. The minimum atomic E-state index is -0.369. The van der Waals surface area contributed by atoms with Crippen molar-refractivity contribution in [1.29, 1.82) is 0 Å². The normalized spacial score (nSPS) is 15.8. The second kappa shape index (κ2) is 9.50. The van der Waals surface area contributed by atoms with E-state index in [1.165, 1.54) is 24.8 Å². The minimum Gasteiger partial charge on any atom is -0.322 e. The average molecular weight is 457 g/mol. The number of nitrogens with zero attached hydrogens (tertiary/aromatic N) is 5. The number of aryl methyl sites for hydroxylation is 2. The van der Waals surface area contributed by atoms with E-state index in [1.807, 2.05) is 49.0 Å². The van der Waals surface area contributed by atoms with Crippen LogP contribution in [0.25, 0.3) is 10.9 Å². The van der Waals surface area contributed by atoms with Crippen molar-refractivity contribution in [2.24, 2.45) is 0 Å². The van der Waals surface area contributed by atoms with Crippen molar-refractivity contribution < 1.29 is 0 Å². The van der Waals surface area contributed by atoms with Crippen molar-refractivity contribution in [3.05, 3.63) is 87.0 Å². The van der Waals surface area contributed by atoms with Crippen LogP contribution in [-0.4, -0.2) is 37.1 Å². The Morgan fingerprint density at radius 1 is 1.09 bits per heavy atom. The van der Waals surface area contributed by atoms with Crippen molar-refractivity contribution in [1.82, 2.24) is 30.1 Å². The minimum absolute atomic E-state index is 0.0967. The third-order valence-corrected chi connectivity index (χ3v) is 7.03. The summed E-state index contributed by atoms with van der Waals surface area (Å²) in [6.07, 6.45) is 5.76. The van der Waals surface area contributed by atoms with Gasteiger partial charge in [0.25, 0.3) is 5.56 Å². The van der Waals surface area contributed by atoms with E-state index in [0.29, 0.717) is 12.1 Å². The van der Waals surface area contributed by atoms with Gasteiger partial charge in [0, 0.05) is 23.0 Å². The number of benzene rings is 2. The second-order valence-corrected chi connectivity index (χ2v) is 9.67. The maximum Gasteiger partial charge on any atom is 0.253 e. The fourth-order valence-corrected chi connectivity index (χ4v) is 5.39. The predicted octanol–water partition coefficient (Wildman–Crippen LogP) is 4.86. The van der Waals surface area contributed by atoms with Crippen LogP contribution in [0, 0.1) is 13.8 Å². The fourth-order valence-electron chi connectivity index (χ4n) is 5.39. The number of H-pyrrole nitrogens is 1. The maximum atomic E-state index is 13.5. The first kappa shape index (κ1) is 22.5. The molecule has 0 aliphatic heterocycles. The molecular formula is C27H32N6O. The molecular weight excluding hydrogens is 424 g/mol. The summed E-state index contributed by atoms with van der Waals surface area (Å²) in [5.74, 6) is 0.736. The lowest BCUT2D eigenvalue weighted by atomic mass is 9.95. The van der Waals surface area contributed by atoms with Crippen LogP contribution in [0.5, 0.6) is 0 Å². The molecule has 2 aromatic carbocycles. The Morgan fingerprint density at radius 2 is 1.85 bits per heavy atom. The van der Waals surface area contributed by atoms with E-state index in [9.17, 15) is 4.79 Å². The number of aromatic nitrogens is 5. The highest BCUT2D eigenvalue weighted by atomic mass is 16.1. The summed E-state index contributed by atoms with van der Waals surface area (Å²) in [5.41, 5.74) is 4.89. The molecule has 0 saturated heterocycles. The molecule has 0 radical (unpaired) electrons. The quantitative estimate of drug-likeness (QED) is 0.448. The summed E-state index contributed by atoms with van der Waals surface area (Å²) < 4.78 is 1.98. The van der Waals surface area contributed by atoms with Gasteiger partial charge in [-0.1, -0.05) is 55.7 Å². The molecule has 1 aliphatic rings. The van der Waals surface area contributed by atoms with Gasteiger partial charge >= 0.3 is 0 Å². The number of fused-ring (bicyclic) bond motifs is 1. The zero-order chi connectivity index (χ0) is 23.7. The van der Waals surface area contributed by atoms with Crippen molar-refractivity contribution in [2.75, 3.05) is 7.05 Å². The molecule has 0 bridgehead atoms. The number of aromatic amines is 1. The third kappa shape index (κ3) is 4.40. The van der Waals surface area contributed by atoms with Gasteiger partial charge in [0.05, 0.1) is 6.04 Å². The number of nitrogens with one attached hydrogen (secondary N) is 1. The lowest BCUT2D eigenvalue weighted by molar-refractivity contribution is 0.236. The smallest absolute Gasteiger partial charge is 0.253 e. The molecule has 1 aliphatic carbocycles. The Balaban J connectivity index is 1.64. The number of pyridine rings is 1. The molecule has 1 atom stereocenters. The highest BCUT2D eigenvalue weighted by molar-refractivity contribution is 5.83. The first-order chi connectivity index (χ1) is 16.5. The Hall–Kier alpha value is -3.32. The van der Waals surface area contributed by atoms with E-state index in [0.717, 1.165) is 40.7 Å². The molecule has 7 nitrogen and oxygen atoms in total. The van der Waals surface area contributed by atoms with E-state index in [4.69, 9.17) is 0 Å². The monoisotopic (exact) mass is 456 g/mol. The molecule has 1 saturated carbocycles. The van der Waals surface area contributed by atoms with Crippen molar-refractivity contribution >= 4 is 10.9 Å². The molecule has 176 valence electrons. The molecule has 1 N–H and O–H groups in total. The molecule has 1 unspecified atom stereocenters. The second-order valence-electron chi connectivity index (χ2n) is 9.67. The Labute approximate surface area is 199 Å². The molecule has 0 spiro atoms. The zero-order valence-electron chi connectivity index (χ0n) is 20.2. The van der Waals surface area contributed by atoms with Crippen LogP contribution in [0.15, 0.2) is 53.3 Å². The SMILES string of the molecule is Cc1cc(C)c2cc(C(c3nnnn3C3CCCCC3)N(C)Cc3ccccc3)c(=O)[nH]c2c1. The maximum absolute atomic E-state index is 13.5. The molecule has 0 amide bonds. The molecule has 34 heavy (non-hydrogen) atoms. The van der Waals surface area contributed by atoms with Gasteiger partial charge in [0.1, 0.15) is 6.04 Å². The van der Waals surface area contributed by atoms with Crippen LogP contribution in [0.3, 0.4) is 0 Å². The van der Waals surface area contributed by atoms with Crippen LogP contribution in [-0.2, 0) is 6.54 Å². The molecule has 2 heterocycles. The number of tetrazole rings is 1. The average Bonchev–Trinajstić information content (AvgIpc) is 3.30. The lowest BCUT2D eigenvalue weighted by Gasteiger charge is -2.30. The topological polar surface area (TPSA) is 79.7 Å². The standard InChI is InChI=1S/C27H32N6O/c1-18-14-19(2)22-16-23(27(34)28-24(22)15-18)25(32(3)17-20-10-6-4-7-11-20)26-29-30-31-33(26)21-12-8-5-9-13-21/h4,6-7,10-11,14-16,21,25H,5,8-9,12-13,17H2,1-3H3,(H,28,34). The summed E-state index contributed by atoms with van der Waals surface area (Å²) in [5, 5.41) is 14.0. The van der Waals surface area contributed by atoms with Crippen LogP contribution in [0.4, 0.5) is 0 Å². The Kier molecular flexibility index (Phi) is 6.28. The van der Waals surface area contributed by atoms with E-state index in [2.05, 4.69) is 50.5 Å². The number of rotatable bonds is 6. The zero-order valence-corrected chi connectivity index (χ0v) is 20.2. The van der Waals surface area contributed by atoms with Gasteiger partial charge in [0.2, 0.25) is 0 Å². The summed E-state index contributed by atoms with van der Waals surface area (Å²) in [6.45, 7) is 4.81. The van der Waals surface area contributed by atoms with Crippen LogP contribution in [0.2, 0.25) is 0 Å². The molecule has 4 aromatic rings. The molecule has 1 fully saturated rings. The summed E-state index contributed by atoms with van der Waals surface area (Å²) in [6, 6.07) is 16.4. The molecule has 2 aromatic heterocycles.